The van der Waals surface area contributed by atoms with Gasteiger partial charge < -0.3 is 16.3 Å². The Morgan fingerprint density at radius 1 is 1.12 bits per heavy atom. The zero-order valence-corrected chi connectivity index (χ0v) is 13.5. The van der Waals surface area contributed by atoms with Crippen molar-refractivity contribution in [2.45, 2.75) is 12.3 Å². The number of hydrogen-bond acceptors (Lipinski definition) is 6. The van der Waals surface area contributed by atoms with Gasteiger partial charge in [-0.15, -0.1) is 5.06 Å². The molecular weight excluding hydrogens is 336 g/mol. The summed E-state index contributed by atoms with van der Waals surface area (Å²) in [6, 6.07) is 12.7. The first-order valence-electron chi connectivity index (χ1n) is 7.88. The van der Waals surface area contributed by atoms with Gasteiger partial charge in [-0.2, -0.15) is 0 Å². The second-order valence-electron chi connectivity index (χ2n) is 5.98. The Kier molecular flexibility index (Phi) is 3.47. The average Bonchev–Trinajstić information content (AvgIpc) is 2.89. The molecule has 26 heavy (non-hydrogen) atoms. The van der Waals surface area contributed by atoms with Gasteiger partial charge in [0.2, 0.25) is 0 Å². The molecule has 0 aliphatic carbocycles. The lowest BCUT2D eigenvalue weighted by atomic mass is 9.92. The largest absolute Gasteiger partial charge is 0.429 e. The zero-order valence-electron chi connectivity index (χ0n) is 13.5. The van der Waals surface area contributed by atoms with E-state index in [1.807, 2.05) is 24.3 Å². The number of hydrogen-bond donors (Lipinski definition) is 2. The number of anilines is 1. The number of imide groups is 1. The van der Waals surface area contributed by atoms with Crippen LogP contribution < -0.4 is 11.5 Å². The van der Waals surface area contributed by atoms with E-state index in [4.69, 9.17) is 11.5 Å². The minimum atomic E-state index is -1.22. The van der Waals surface area contributed by atoms with Crippen LogP contribution in [-0.4, -0.2) is 28.0 Å². The van der Waals surface area contributed by atoms with Crippen LogP contribution in [0.1, 0.15) is 17.9 Å². The highest BCUT2D eigenvalue weighted by Gasteiger charge is 2.43. The molecule has 8 heteroatoms. The summed E-state index contributed by atoms with van der Waals surface area (Å²) in [6.07, 6.45) is -1.37. The smallest absolute Gasteiger partial charge is 0.398 e. The third-order valence-corrected chi connectivity index (χ3v) is 4.44. The van der Waals surface area contributed by atoms with Gasteiger partial charge in [0.05, 0.1) is 22.6 Å². The van der Waals surface area contributed by atoms with Gasteiger partial charge >= 0.3 is 6.09 Å². The SMILES string of the molecule is NC(=O)ON1C(=O)CC(c2cccc3nc4ccccc4c(N)c23)C1=O. The van der Waals surface area contributed by atoms with Crippen LogP contribution in [0.25, 0.3) is 21.8 Å². The molecular formula is C18H14N4O4. The van der Waals surface area contributed by atoms with Gasteiger partial charge in [-0.25, -0.2) is 9.78 Å². The number of carbonyl (C=O) groups excluding carboxylic acids is 3. The van der Waals surface area contributed by atoms with Crippen molar-refractivity contribution in [2.75, 3.05) is 5.73 Å². The summed E-state index contributed by atoms with van der Waals surface area (Å²) < 4.78 is 0. The molecule has 2 aromatic carbocycles. The average molecular weight is 350 g/mol. The van der Waals surface area contributed by atoms with Crippen molar-refractivity contribution in [1.29, 1.82) is 0 Å². The first-order chi connectivity index (χ1) is 12.5. The Bertz CT molecular complexity index is 1100. The van der Waals surface area contributed by atoms with E-state index in [1.165, 1.54) is 0 Å². The van der Waals surface area contributed by atoms with Crippen LogP contribution >= 0.6 is 0 Å². The number of nitrogen functional groups attached to an aromatic ring is 1. The first kappa shape index (κ1) is 15.8. The van der Waals surface area contributed by atoms with Gasteiger partial charge in [0, 0.05) is 17.2 Å². The van der Waals surface area contributed by atoms with E-state index in [2.05, 4.69) is 9.82 Å². The highest BCUT2D eigenvalue weighted by atomic mass is 16.7. The molecule has 3 aromatic rings. The fraction of sp³-hybridized carbons (Fsp3) is 0.111. The number of aromatic nitrogens is 1. The molecule has 0 bridgehead atoms. The van der Waals surface area contributed by atoms with Gasteiger partial charge in [0.25, 0.3) is 11.8 Å². The number of fused-ring (bicyclic) bond motifs is 2. The van der Waals surface area contributed by atoms with Gasteiger partial charge in [-0.1, -0.05) is 30.3 Å². The van der Waals surface area contributed by atoms with Crippen molar-refractivity contribution in [2.24, 2.45) is 5.73 Å². The van der Waals surface area contributed by atoms with Crippen LogP contribution in [0.3, 0.4) is 0 Å². The maximum absolute atomic E-state index is 12.6. The fourth-order valence-electron chi connectivity index (χ4n) is 3.34. The molecule has 1 fully saturated rings. The molecule has 8 nitrogen and oxygen atoms in total. The van der Waals surface area contributed by atoms with Crippen LogP contribution in [0.4, 0.5) is 10.5 Å². The molecule has 4 rings (SSSR count). The van der Waals surface area contributed by atoms with Crippen LogP contribution in [0.5, 0.6) is 0 Å². The Labute approximate surface area is 147 Å². The summed E-state index contributed by atoms with van der Waals surface area (Å²) in [4.78, 5) is 44.7. The number of amides is 3. The third kappa shape index (κ3) is 2.31. The minimum absolute atomic E-state index is 0.141. The normalized spacial score (nSPS) is 17.2. The maximum Gasteiger partial charge on any atom is 0.429 e. The summed E-state index contributed by atoms with van der Waals surface area (Å²) in [5.74, 6) is -2.12. The first-order valence-corrected chi connectivity index (χ1v) is 7.88. The number of rotatable bonds is 2. The number of carbonyl (C=O) groups is 3. The minimum Gasteiger partial charge on any atom is -0.398 e. The monoisotopic (exact) mass is 350 g/mol. The molecule has 1 atom stereocenters. The number of para-hydroxylation sites is 1. The lowest BCUT2D eigenvalue weighted by molar-refractivity contribution is -0.171. The lowest BCUT2D eigenvalue weighted by Crippen LogP contribution is -2.35. The number of primary amides is 1. The molecule has 0 saturated carbocycles. The highest BCUT2D eigenvalue weighted by Crippen LogP contribution is 2.38. The Hall–Kier alpha value is -3.68. The summed E-state index contributed by atoms with van der Waals surface area (Å²) in [5, 5.41) is 1.78. The zero-order chi connectivity index (χ0) is 18.4. The number of benzene rings is 2. The van der Waals surface area contributed by atoms with E-state index in [-0.39, 0.29) is 6.42 Å². The molecule has 4 N–H and O–H groups in total. The van der Waals surface area contributed by atoms with Gasteiger partial charge in [-0.3, -0.25) is 9.59 Å². The van der Waals surface area contributed by atoms with E-state index >= 15 is 0 Å². The van der Waals surface area contributed by atoms with Crippen molar-refractivity contribution >= 4 is 45.4 Å². The Balaban J connectivity index is 1.90. The lowest BCUT2D eigenvalue weighted by Gasteiger charge is -2.15. The molecule has 0 radical (unpaired) electrons. The summed E-state index contributed by atoms with van der Waals surface area (Å²) in [6.45, 7) is 0. The highest BCUT2D eigenvalue weighted by molar-refractivity contribution is 6.12. The number of hydroxylamine groups is 2. The molecule has 3 amide bonds. The fourth-order valence-corrected chi connectivity index (χ4v) is 3.34. The van der Waals surface area contributed by atoms with Gasteiger partial charge in [0.1, 0.15) is 0 Å². The summed E-state index contributed by atoms with van der Waals surface area (Å²) in [5.41, 5.74) is 13.7. The van der Waals surface area contributed by atoms with Crippen LogP contribution in [0, 0.1) is 0 Å². The summed E-state index contributed by atoms with van der Waals surface area (Å²) >= 11 is 0. The number of pyridine rings is 1. The predicted molar refractivity (Wildman–Crippen MR) is 93.5 cm³/mol. The van der Waals surface area contributed by atoms with E-state index in [9.17, 15) is 14.4 Å². The van der Waals surface area contributed by atoms with Crippen LogP contribution in [-0.2, 0) is 14.4 Å². The van der Waals surface area contributed by atoms with Crippen molar-refractivity contribution < 1.29 is 19.2 Å². The Morgan fingerprint density at radius 3 is 2.62 bits per heavy atom. The molecule has 130 valence electrons. The van der Waals surface area contributed by atoms with Crippen molar-refractivity contribution in [1.82, 2.24) is 10.0 Å². The van der Waals surface area contributed by atoms with Crippen LogP contribution in [0.2, 0.25) is 0 Å². The van der Waals surface area contributed by atoms with Crippen molar-refractivity contribution in [3.63, 3.8) is 0 Å². The predicted octanol–water partition coefficient (Wildman–Crippen LogP) is 1.82. The van der Waals surface area contributed by atoms with Gasteiger partial charge in [-0.05, 0) is 17.7 Å². The molecule has 1 aromatic heterocycles. The van der Waals surface area contributed by atoms with Crippen molar-refractivity contribution in [3.8, 4) is 0 Å². The second-order valence-corrected chi connectivity index (χ2v) is 5.98. The maximum atomic E-state index is 12.6. The number of nitrogens with zero attached hydrogens (tertiary/aromatic N) is 2. The van der Waals surface area contributed by atoms with E-state index in [1.54, 1.807) is 18.2 Å². The van der Waals surface area contributed by atoms with E-state index in [0.29, 0.717) is 27.2 Å². The number of nitrogens with two attached hydrogens (primary N) is 2. The topological polar surface area (TPSA) is 129 Å². The third-order valence-electron chi connectivity index (χ3n) is 4.44. The molecule has 1 aliphatic rings. The van der Waals surface area contributed by atoms with E-state index in [0.717, 1.165) is 10.9 Å². The summed E-state index contributed by atoms with van der Waals surface area (Å²) in [7, 11) is 0. The van der Waals surface area contributed by atoms with Gasteiger partial charge in [0.15, 0.2) is 0 Å². The molecule has 2 heterocycles. The standard InChI is InChI=1S/C18H14N4O4/c19-16-10-4-1-2-6-12(10)21-13-7-3-5-9(15(13)16)11-8-14(23)22(17(11)24)26-18(20)25/h1-7,11H,8H2,(H2,19,21)(H2,20,25). The van der Waals surface area contributed by atoms with Crippen molar-refractivity contribution in [3.05, 3.63) is 48.0 Å². The van der Waals surface area contributed by atoms with Crippen LogP contribution in [0.15, 0.2) is 42.5 Å². The quantitative estimate of drug-likeness (QED) is 0.536. The molecule has 0 spiro atoms. The Morgan fingerprint density at radius 2 is 1.85 bits per heavy atom. The second kappa shape index (κ2) is 5.69. The molecule has 1 saturated heterocycles. The van der Waals surface area contributed by atoms with E-state index < -0.39 is 23.8 Å². The molecule has 1 aliphatic heterocycles. The molecule has 1 unspecified atom stereocenters.